The molecule has 0 aliphatic carbocycles. The van der Waals surface area contributed by atoms with Gasteiger partial charge in [-0.25, -0.2) is 0 Å². The van der Waals surface area contributed by atoms with E-state index in [2.05, 4.69) is 22.8 Å². The lowest BCUT2D eigenvalue weighted by Gasteiger charge is -2.48. The number of piperazine rings is 1. The highest BCUT2D eigenvalue weighted by atomic mass is 35.5. The third kappa shape index (κ3) is 2.51. The smallest absolute Gasteiger partial charge is 0.0992 e. The van der Waals surface area contributed by atoms with Crippen LogP contribution in [0.2, 0.25) is 5.02 Å². The largest absolute Gasteiger partial charge is 0.365 e. The van der Waals surface area contributed by atoms with Crippen LogP contribution in [0.5, 0.6) is 0 Å². The zero-order valence-electron chi connectivity index (χ0n) is 11.8. The Kier molecular flexibility index (Phi) is 3.87. The number of benzene rings is 1. The van der Waals surface area contributed by atoms with Gasteiger partial charge in [0, 0.05) is 25.2 Å². The van der Waals surface area contributed by atoms with Crippen LogP contribution in [0.1, 0.15) is 31.7 Å². The van der Waals surface area contributed by atoms with E-state index >= 15 is 0 Å². The van der Waals surface area contributed by atoms with Crippen molar-refractivity contribution in [3.63, 3.8) is 0 Å². The molecular weight excluding hydrogens is 270 g/mol. The molecule has 106 valence electrons. The van der Waals surface area contributed by atoms with Gasteiger partial charge >= 0.3 is 0 Å². The Morgan fingerprint density at radius 1 is 1.30 bits per heavy atom. The van der Waals surface area contributed by atoms with Gasteiger partial charge in [-0.3, -0.25) is 4.90 Å². The first-order valence-corrected chi connectivity index (χ1v) is 7.77. The standard InChI is InChI=1S/C16H20ClN3/c1-12-10-19-7-3-2-4-14(19)11-20(12)16-6-5-13(9-18)8-15(16)17/h5-6,8,12,14H,2-4,7,10-11H2,1H3. The maximum Gasteiger partial charge on any atom is 0.0992 e. The van der Waals surface area contributed by atoms with Crippen molar-refractivity contribution in [2.24, 2.45) is 0 Å². The lowest BCUT2D eigenvalue weighted by molar-refractivity contribution is 0.115. The van der Waals surface area contributed by atoms with Gasteiger partial charge in [-0.05, 0) is 44.5 Å². The summed E-state index contributed by atoms with van der Waals surface area (Å²) in [5.74, 6) is 0. The van der Waals surface area contributed by atoms with Crippen molar-refractivity contribution in [2.75, 3.05) is 24.5 Å². The molecule has 2 unspecified atom stereocenters. The Balaban J connectivity index is 1.84. The van der Waals surface area contributed by atoms with E-state index < -0.39 is 0 Å². The van der Waals surface area contributed by atoms with Crippen LogP contribution in [0.4, 0.5) is 5.69 Å². The topological polar surface area (TPSA) is 30.3 Å². The zero-order valence-corrected chi connectivity index (χ0v) is 12.6. The summed E-state index contributed by atoms with van der Waals surface area (Å²) in [4.78, 5) is 5.04. The van der Waals surface area contributed by atoms with E-state index in [1.807, 2.05) is 12.1 Å². The highest BCUT2D eigenvalue weighted by Gasteiger charge is 2.33. The predicted molar refractivity (Wildman–Crippen MR) is 82.2 cm³/mol. The number of fused-ring (bicyclic) bond motifs is 1. The first-order valence-electron chi connectivity index (χ1n) is 7.39. The summed E-state index contributed by atoms with van der Waals surface area (Å²) in [6.07, 6.45) is 3.96. The van der Waals surface area contributed by atoms with Gasteiger partial charge in [-0.1, -0.05) is 18.0 Å². The van der Waals surface area contributed by atoms with Gasteiger partial charge < -0.3 is 4.90 Å². The molecule has 3 nitrogen and oxygen atoms in total. The first kappa shape index (κ1) is 13.7. The summed E-state index contributed by atoms with van der Waals surface area (Å²) in [6.45, 7) is 5.66. The summed E-state index contributed by atoms with van der Waals surface area (Å²) >= 11 is 6.38. The van der Waals surface area contributed by atoms with Crippen molar-refractivity contribution in [1.29, 1.82) is 5.26 Å². The zero-order chi connectivity index (χ0) is 14.1. The molecule has 3 rings (SSSR count). The second kappa shape index (κ2) is 5.63. The predicted octanol–water partition coefficient (Wildman–Crippen LogP) is 3.27. The highest BCUT2D eigenvalue weighted by Crippen LogP contribution is 2.33. The minimum absolute atomic E-state index is 0.467. The number of hydrogen-bond donors (Lipinski definition) is 0. The molecule has 2 atom stereocenters. The number of anilines is 1. The van der Waals surface area contributed by atoms with Crippen LogP contribution < -0.4 is 4.90 Å². The molecule has 0 aromatic heterocycles. The Morgan fingerprint density at radius 2 is 2.15 bits per heavy atom. The molecule has 0 bridgehead atoms. The first-order chi connectivity index (χ1) is 9.69. The van der Waals surface area contributed by atoms with Crippen LogP contribution in [0, 0.1) is 11.3 Å². The van der Waals surface area contributed by atoms with E-state index in [9.17, 15) is 0 Å². The lowest BCUT2D eigenvalue weighted by atomic mass is 9.96. The normalized spacial score (nSPS) is 26.9. The molecule has 2 aliphatic rings. The van der Waals surface area contributed by atoms with E-state index in [1.54, 1.807) is 6.07 Å². The monoisotopic (exact) mass is 289 g/mol. The molecule has 1 aromatic carbocycles. The average Bonchev–Trinajstić information content (AvgIpc) is 2.46. The average molecular weight is 290 g/mol. The molecule has 0 spiro atoms. The molecule has 2 saturated heterocycles. The minimum Gasteiger partial charge on any atom is -0.365 e. The molecule has 0 N–H and O–H groups in total. The molecule has 2 heterocycles. The summed E-state index contributed by atoms with van der Waals surface area (Å²) < 4.78 is 0. The van der Waals surface area contributed by atoms with Crippen molar-refractivity contribution in [2.45, 2.75) is 38.3 Å². The fourth-order valence-corrected chi connectivity index (χ4v) is 3.79. The fourth-order valence-electron chi connectivity index (χ4n) is 3.50. The minimum atomic E-state index is 0.467. The Hall–Kier alpha value is -1.24. The second-order valence-electron chi connectivity index (χ2n) is 5.92. The van der Waals surface area contributed by atoms with Gasteiger partial charge in [0.05, 0.1) is 22.3 Å². The lowest BCUT2D eigenvalue weighted by Crippen LogP contribution is -2.58. The SMILES string of the molecule is CC1CN2CCCCC2CN1c1ccc(C#N)cc1Cl. The molecule has 0 saturated carbocycles. The fraction of sp³-hybridized carbons (Fsp3) is 0.562. The van der Waals surface area contributed by atoms with E-state index in [0.717, 1.165) is 18.8 Å². The Bertz CT molecular complexity index is 537. The van der Waals surface area contributed by atoms with Crippen molar-refractivity contribution < 1.29 is 0 Å². The second-order valence-corrected chi connectivity index (χ2v) is 6.33. The number of nitriles is 1. The van der Waals surface area contributed by atoms with Gasteiger partial charge in [-0.15, -0.1) is 0 Å². The Labute approximate surface area is 125 Å². The third-order valence-corrected chi connectivity index (χ3v) is 4.88. The van der Waals surface area contributed by atoms with Crippen molar-refractivity contribution >= 4 is 17.3 Å². The van der Waals surface area contributed by atoms with Crippen LogP contribution in [-0.4, -0.2) is 36.6 Å². The van der Waals surface area contributed by atoms with Gasteiger partial charge in [0.1, 0.15) is 0 Å². The van der Waals surface area contributed by atoms with Gasteiger partial charge in [-0.2, -0.15) is 5.26 Å². The molecule has 20 heavy (non-hydrogen) atoms. The van der Waals surface area contributed by atoms with Crippen molar-refractivity contribution in [3.8, 4) is 6.07 Å². The van der Waals surface area contributed by atoms with E-state index in [-0.39, 0.29) is 0 Å². The number of hydrogen-bond acceptors (Lipinski definition) is 3. The maximum absolute atomic E-state index is 8.94. The summed E-state index contributed by atoms with van der Waals surface area (Å²) in [5, 5.41) is 9.64. The van der Waals surface area contributed by atoms with E-state index in [4.69, 9.17) is 16.9 Å². The van der Waals surface area contributed by atoms with Crippen LogP contribution in [0.25, 0.3) is 0 Å². The molecule has 2 aliphatic heterocycles. The van der Waals surface area contributed by atoms with Crippen LogP contribution >= 0.6 is 11.6 Å². The summed E-state index contributed by atoms with van der Waals surface area (Å²) in [7, 11) is 0. The van der Waals surface area contributed by atoms with Gasteiger partial charge in [0.25, 0.3) is 0 Å². The number of piperidine rings is 1. The summed E-state index contributed by atoms with van der Waals surface area (Å²) in [6, 6.07) is 8.90. The van der Waals surface area contributed by atoms with E-state index in [1.165, 1.54) is 25.8 Å². The number of halogens is 1. The quantitative estimate of drug-likeness (QED) is 0.795. The Morgan fingerprint density at radius 3 is 2.90 bits per heavy atom. The third-order valence-electron chi connectivity index (χ3n) is 4.57. The number of nitrogens with zero attached hydrogens (tertiary/aromatic N) is 3. The molecule has 1 aromatic rings. The van der Waals surface area contributed by atoms with Crippen LogP contribution in [0.3, 0.4) is 0 Å². The van der Waals surface area contributed by atoms with Crippen LogP contribution in [0.15, 0.2) is 18.2 Å². The molecular formula is C16H20ClN3. The molecule has 2 fully saturated rings. The molecule has 4 heteroatoms. The van der Waals surface area contributed by atoms with Gasteiger partial charge in [0.15, 0.2) is 0 Å². The van der Waals surface area contributed by atoms with Crippen molar-refractivity contribution in [3.05, 3.63) is 28.8 Å². The summed E-state index contributed by atoms with van der Waals surface area (Å²) in [5.41, 5.74) is 1.70. The maximum atomic E-state index is 8.94. The van der Waals surface area contributed by atoms with Crippen LogP contribution in [-0.2, 0) is 0 Å². The van der Waals surface area contributed by atoms with E-state index in [0.29, 0.717) is 22.7 Å². The molecule has 0 amide bonds. The van der Waals surface area contributed by atoms with Crippen molar-refractivity contribution in [1.82, 2.24) is 4.90 Å². The van der Waals surface area contributed by atoms with Gasteiger partial charge in [0.2, 0.25) is 0 Å². The number of rotatable bonds is 1. The highest BCUT2D eigenvalue weighted by molar-refractivity contribution is 6.33. The molecule has 0 radical (unpaired) electrons.